The Balaban J connectivity index is 1.62. The molecule has 1 atom stereocenters. The summed E-state index contributed by atoms with van der Waals surface area (Å²) in [4.78, 5) is 19.2. The number of aromatic nitrogens is 2. The fourth-order valence-corrected chi connectivity index (χ4v) is 3.79. The van der Waals surface area contributed by atoms with E-state index in [0.717, 1.165) is 4.88 Å². The first-order valence-electron chi connectivity index (χ1n) is 7.73. The molecule has 1 aromatic carbocycles. The van der Waals surface area contributed by atoms with E-state index in [1.54, 1.807) is 11.0 Å². The summed E-state index contributed by atoms with van der Waals surface area (Å²) in [7, 11) is 0. The maximum atomic E-state index is 14.1. The number of carbonyl (C=O) groups is 1. The first kappa shape index (κ1) is 16.2. The number of thiophene rings is 1. The highest BCUT2D eigenvalue weighted by Crippen LogP contribution is 2.35. The molecule has 25 heavy (non-hydrogen) atoms. The molecule has 1 saturated heterocycles. The molecule has 0 radical (unpaired) electrons. The normalized spacial score (nSPS) is 17.4. The summed E-state index contributed by atoms with van der Waals surface area (Å²) >= 11 is 7.60. The van der Waals surface area contributed by atoms with Gasteiger partial charge in [-0.05, 0) is 30.0 Å². The van der Waals surface area contributed by atoms with Crippen LogP contribution >= 0.6 is 22.9 Å². The Labute approximate surface area is 152 Å². The molecule has 0 N–H and O–H groups in total. The zero-order valence-corrected chi connectivity index (χ0v) is 14.6. The number of rotatable bonds is 4. The van der Waals surface area contributed by atoms with Gasteiger partial charge < -0.3 is 9.42 Å². The molecule has 0 aliphatic carbocycles. The number of hydrogen-bond donors (Lipinski definition) is 0. The van der Waals surface area contributed by atoms with Crippen molar-refractivity contribution in [2.24, 2.45) is 0 Å². The van der Waals surface area contributed by atoms with E-state index >= 15 is 0 Å². The SMILES string of the molecule is O=C1CCC(c2nc(-c3cccs3)no2)N1Cc1c(F)cccc1Cl. The fourth-order valence-electron chi connectivity index (χ4n) is 2.92. The predicted molar refractivity (Wildman–Crippen MR) is 91.5 cm³/mol. The maximum Gasteiger partial charge on any atom is 0.249 e. The van der Waals surface area contributed by atoms with Gasteiger partial charge in [0.25, 0.3) is 0 Å². The lowest BCUT2D eigenvalue weighted by molar-refractivity contribution is -0.130. The predicted octanol–water partition coefficient (Wildman–Crippen LogP) is 4.45. The van der Waals surface area contributed by atoms with Crippen LogP contribution in [0.2, 0.25) is 5.02 Å². The van der Waals surface area contributed by atoms with Gasteiger partial charge in [-0.3, -0.25) is 4.79 Å². The molecule has 2 aromatic heterocycles. The molecule has 1 unspecified atom stereocenters. The van der Waals surface area contributed by atoms with Gasteiger partial charge in [0.15, 0.2) is 0 Å². The zero-order chi connectivity index (χ0) is 17.4. The Morgan fingerprint density at radius 1 is 1.36 bits per heavy atom. The molecule has 3 aromatic rings. The van der Waals surface area contributed by atoms with Gasteiger partial charge in [-0.15, -0.1) is 11.3 Å². The lowest BCUT2D eigenvalue weighted by atomic mass is 10.1. The minimum atomic E-state index is -0.434. The van der Waals surface area contributed by atoms with E-state index in [0.29, 0.717) is 35.1 Å². The van der Waals surface area contributed by atoms with Crippen molar-refractivity contribution >= 4 is 28.8 Å². The van der Waals surface area contributed by atoms with Gasteiger partial charge >= 0.3 is 0 Å². The topological polar surface area (TPSA) is 59.2 Å². The third-order valence-corrected chi connectivity index (χ3v) is 5.41. The second-order valence-electron chi connectivity index (χ2n) is 5.71. The van der Waals surface area contributed by atoms with Gasteiger partial charge in [-0.2, -0.15) is 4.98 Å². The highest BCUT2D eigenvalue weighted by Gasteiger charge is 2.36. The van der Waals surface area contributed by atoms with E-state index in [9.17, 15) is 9.18 Å². The average molecular weight is 378 g/mol. The quantitative estimate of drug-likeness (QED) is 0.673. The Bertz CT molecular complexity index is 892. The molecule has 8 heteroatoms. The van der Waals surface area contributed by atoms with Crippen LogP contribution in [0.25, 0.3) is 10.7 Å². The Kier molecular flexibility index (Phi) is 4.27. The highest BCUT2D eigenvalue weighted by molar-refractivity contribution is 7.13. The monoisotopic (exact) mass is 377 g/mol. The Morgan fingerprint density at radius 3 is 3.00 bits per heavy atom. The molecule has 1 aliphatic heterocycles. The molecular formula is C17H13ClFN3O2S. The summed E-state index contributed by atoms with van der Waals surface area (Å²) in [5, 5.41) is 6.21. The van der Waals surface area contributed by atoms with Crippen LogP contribution in [0.4, 0.5) is 4.39 Å². The van der Waals surface area contributed by atoms with Crippen LogP contribution in [-0.2, 0) is 11.3 Å². The van der Waals surface area contributed by atoms with Gasteiger partial charge in [-0.1, -0.05) is 28.9 Å². The third-order valence-electron chi connectivity index (χ3n) is 4.19. The van der Waals surface area contributed by atoms with Crippen molar-refractivity contribution in [2.45, 2.75) is 25.4 Å². The number of nitrogens with zero attached hydrogens (tertiary/aromatic N) is 3. The van der Waals surface area contributed by atoms with E-state index in [4.69, 9.17) is 16.1 Å². The fraction of sp³-hybridized carbons (Fsp3) is 0.235. The van der Waals surface area contributed by atoms with Gasteiger partial charge in [-0.25, -0.2) is 4.39 Å². The summed E-state index contributed by atoms with van der Waals surface area (Å²) in [5.74, 6) is 0.339. The van der Waals surface area contributed by atoms with E-state index in [1.807, 2.05) is 17.5 Å². The van der Waals surface area contributed by atoms with Gasteiger partial charge in [0.05, 0.1) is 11.4 Å². The standard InChI is InChI=1S/C17H13ClFN3O2S/c18-11-3-1-4-12(19)10(11)9-22-13(6-7-15(22)23)17-20-16(21-24-17)14-5-2-8-25-14/h1-5,8,13H,6-7,9H2. The Hall–Kier alpha value is -2.25. The van der Waals surface area contributed by atoms with Crippen LogP contribution in [0.1, 0.15) is 30.3 Å². The van der Waals surface area contributed by atoms with Crippen LogP contribution in [0.5, 0.6) is 0 Å². The zero-order valence-electron chi connectivity index (χ0n) is 13.0. The van der Waals surface area contributed by atoms with E-state index in [1.165, 1.54) is 23.5 Å². The summed E-state index contributed by atoms with van der Waals surface area (Å²) in [6.45, 7) is 0.0751. The smallest absolute Gasteiger partial charge is 0.249 e. The lowest BCUT2D eigenvalue weighted by Crippen LogP contribution is -2.28. The second-order valence-corrected chi connectivity index (χ2v) is 7.06. The highest BCUT2D eigenvalue weighted by atomic mass is 35.5. The van der Waals surface area contributed by atoms with Crippen LogP contribution in [0, 0.1) is 5.82 Å². The summed E-state index contributed by atoms with van der Waals surface area (Å²) in [6.07, 6.45) is 0.907. The summed E-state index contributed by atoms with van der Waals surface area (Å²) < 4.78 is 19.5. The first-order chi connectivity index (χ1) is 12.1. The van der Waals surface area contributed by atoms with Crippen molar-refractivity contribution in [1.29, 1.82) is 0 Å². The van der Waals surface area contributed by atoms with Crippen molar-refractivity contribution < 1.29 is 13.7 Å². The molecule has 4 rings (SSSR count). The third kappa shape index (κ3) is 3.05. The van der Waals surface area contributed by atoms with E-state index in [-0.39, 0.29) is 18.5 Å². The molecule has 1 aliphatic rings. The number of halogens is 2. The van der Waals surface area contributed by atoms with Crippen molar-refractivity contribution in [3.05, 3.63) is 58.0 Å². The molecule has 5 nitrogen and oxygen atoms in total. The van der Waals surface area contributed by atoms with Crippen LogP contribution < -0.4 is 0 Å². The van der Waals surface area contributed by atoms with E-state index in [2.05, 4.69) is 10.1 Å². The van der Waals surface area contributed by atoms with Crippen molar-refractivity contribution in [3.8, 4) is 10.7 Å². The number of hydrogen-bond acceptors (Lipinski definition) is 5. The largest absolute Gasteiger partial charge is 0.337 e. The number of benzene rings is 1. The number of likely N-dealkylation sites (tertiary alicyclic amines) is 1. The molecule has 3 heterocycles. The molecule has 1 amide bonds. The average Bonchev–Trinajstić information content (AvgIpc) is 3.32. The first-order valence-corrected chi connectivity index (χ1v) is 8.99. The molecule has 0 spiro atoms. The van der Waals surface area contributed by atoms with Crippen molar-refractivity contribution in [3.63, 3.8) is 0 Å². The number of amides is 1. The van der Waals surface area contributed by atoms with E-state index < -0.39 is 5.82 Å². The lowest BCUT2D eigenvalue weighted by Gasteiger charge is -2.22. The van der Waals surface area contributed by atoms with Crippen molar-refractivity contribution in [2.75, 3.05) is 0 Å². The molecular weight excluding hydrogens is 365 g/mol. The van der Waals surface area contributed by atoms with Gasteiger partial charge in [0.2, 0.25) is 17.6 Å². The van der Waals surface area contributed by atoms with Crippen LogP contribution in [0.3, 0.4) is 0 Å². The van der Waals surface area contributed by atoms with Crippen molar-refractivity contribution in [1.82, 2.24) is 15.0 Å². The maximum absolute atomic E-state index is 14.1. The molecule has 0 bridgehead atoms. The molecule has 128 valence electrons. The Morgan fingerprint density at radius 2 is 2.24 bits per heavy atom. The van der Waals surface area contributed by atoms with Crippen LogP contribution in [-0.4, -0.2) is 20.9 Å². The molecule has 0 saturated carbocycles. The summed E-state index contributed by atoms with van der Waals surface area (Å²) in [6, 6.07) is 7.91. The van der Waals surface area contributed by atoms with Gasteiger partial charge in [0, 0.05) is 17.0 Å². The second kappa shape index (κ2) is 6.57. The minimum absolute atomic E-state index is 0.0751. The minimum Gasteiger partial charge on any atom is -0.337 e. The van der Waals surface area contributed by atoms with Gasteiger partial charge in [0.1, 0.15) is 11.9 Å². The number of carbonyl (C=O) groups excluding carboxylic acids is 1. The molecule has 1 fully saturated rings. The summed E-state index contributed by atoms with van der Waals surface area (Å²) in [5.41, 5.74) is 0.294. The van der Waals surface area contributed by atoms with Crippen LogP contribution in [0.15, 0.2) is 40.2 Å².